The summed E-state index contributed by atoms with van der Waals surface area (Å²) in [4.78, 5) is 14.0. The fourth-order valence-electron chi connectivity index (χ4n) is 2.37. The van der Waals surface area contributed by atoms with Crippen LogP contribution in [0.15, 0.2) is 0 Å². The number of rotatable bonds is 2. The molecular weight excluding hydrogens is 192 g/mol. The average molecular weight is 212 g/mol. The van der Waals surface area contributed by atoms with Gasteiger partial charge < -0.3 is 15.0 Å². The topological polar surface area (TPSA) is 41.6 Å². The first kappa shape index (κ1) is 10.9. The van der Waals surface area contributed by atoms with Crippen LogP contribution in [0, 0.1) is 5.92 Å². The van der Waals surface area contributed by atoms with Crippen LogP contribution in [-0.2, 0) is 9.53 Å². The zero-order chi connectivity index (χ0) is 10.8. The largest absolute Gasteiger partial charge is 0.373 e. The number of fused-ring (bicyclic) bond motifs is 1. The number of carbonyl (C=O) groups is 1. The highest BCUT2D eigenvalue weighted by Gasteiger charge is 2.38. The minimum atomic E-state index is 0.217. The van der Waals surface area contributed by atoms with Crippen LogP contribution in [0.4, 0.5) is 0 Å². The molecule has 2 aliphatic rings. The maximum absolute atomic E-state index is 12.0. The number of carbonyl (C=O) groups excluding carboxylic acids is 1. The Hall–Kier alpha value is -0.610. The van der Waals surface area contributed by atoms with Crippen LogP contribution in [0.2, 0.25) is 0 Å². The molecule has 2 aliphatic heterocycles. The SMILES string of the molecule is CC(C)CC(=O)N1CCO[C@@H]2CNC[C@@H]21. The highest BCUT2D eigenvalue weighted by molar-refractivity contribution is 5.77. The van der Waals surface area contributed by atoms with Gasteiger partial charge in [0.2, 0.25) is 5.91 Å². The van der Waals surface area contributed by atoms with Crippen LogP contribution in [0.3, 0.4) is 0 Å². The Kier molecular flexibility index (Phi) is 3.26. The third kappa shape index (κ3) is 2.32. The summed E-state index contributed by atoms with van der Waals surface area (Å²) in [6.07, 6.45) is 0.873. The molecule has 0 aromatic rings. The van der Waals surface area contributed by atoms with Crippen LogP contribution in [0.1, 0.15) is 20.3 Å². The van der Waals surface area contributed by atoms with Gasteiger partial charge >= 0.3 is 0 Å². The van der Waals surface area contributed by atoms with Gasteiger partial charge in [-0.25, -0.2) is 0 Å². The fraction of sp³-hybridized carbons (Fsp3) is 0.909. The maximum atomic E-state index is 12.0. The Bertz CT molecular complexity index is 243. The molecule has 0 aromatic heterocycles. The molecule has 1 N–H and O–H groups in total. The van der Waals surface area contributed by atoms with Gasteiger partial charge in [0.05, 0.1) is 18.8 Å². The molecule has 15 heavy (non-hydrogen) atoms. The molecule has 0 unspecified atom stereocenters. The van der Waals surface area contributed by atoms with Crippen LogP contribution in [0.5, 0.6) is 0 Å². The van der Waals surface area contributed by atoms with Crippen molar-refractivity contribution >= 4 is 5.91 Å². The molecule has 2 saturated heterocycles. The van der Waals surface area contributed by atoms with Crippen LogP contribution in [-0.4, -0.2) is 49.2 Å². The minimum absolute atomic E-state index is 0.217. The van der Waals surface area contributed by atoms with E-state index in [0.717, 1.165) is 19.6 Å². The number of nitrogens with zero attached hydrogens (tertiary/aromatic N) is 1. The lowest BCUT2D eigenvalue weighted by molar-refractivity contribution is -0.143. The summed E-state index contributed by atoms with van der Waals surface area (Å²) >= 11 is 0. The lowest BCUT2D eigenvalue weighted by atomic mass is 10.1. The van der Waals surface area contributed by atoms with E-state index in [1.165, 1.54) is 0 Å². The summed E-state index contributed by atoms with van der Waals surface area (Å²) in [5.41, 5.74) is 0. The molecule has 0 spiro atoms. The van der Waals surface area contributed by atoms with Gasteiger partial charge in [-0.1, -0.05) is 13.8 Å². The number of morpholine rings is 1. The van der Waals surface area contributed by atoms with E-state index in [0.29, 0.717) is 18.9 Å². The quantitative estimate of drug-likeness (QED) is 0.712. The summed E-state index contributed by atoms with van der Waals surface area (Å²) < 4.78 is 5.63. The number of hydrogen-bond acceptors (Lipinski definition) is 3. The van der Waals surface area contributed by atoms with Crippen molar-refractivity contribution in [2.75, 3.05) is 26.2 Å². The molecule has 2 rings (SSSR count). The summed E-state index contributed by atoms with van der Waals surface area (Å²) in [7, 11) is 0. The number of amides is 1. The first-order chi connectivity index (χ1) is 7.18. The molecule has 4 nitrogen and oxygen atoms in total. The van der Waals surface area contributed by atoms with Crippen molar-refractivity contribution in [2.45, 2.75) is 32.4 Å². The van der Waals surface area contributed by atoms with E-state index in [9.17, 15) is 4.79 Å². The van der Waals surface area contributed by atoms with Crippen molar-refractivity contribution in [1.82, 2.24) is 10.2 Å². The summed E-state index contributed by atoms with van der Waals surface area (Å²) in [6, 6.07) is 0.269. The van der Waals surface area contributed by atoms with Gasteiger partial charge in [0.15, 0.2) is 0 Å². The van der Waals surface area contributed by atoms with Gasteiger partial charge in [-0.05, 0) is 5.92 Å². The Morgan fingerprint density at radius 2 is 2.33 bits per heavy atom. The zero-order valence-corrected chi connectivity index (χ0v) is 9.53. The Morgan fingerprint density at radius 3 is 3.07 bits per heavy atom. The Labute approximate surface area is 91.0 Å². The molecule has 0 aliphatic carbocycles. The van der Waals surface area contributed by atoms with E-state index in [-0.39, 0.29) is 18.1 Å². The minimum Gasteiger partial charge on any atom is -0.373 e. The van der Waals surface area contributed by atoms with Gasteiger partial charge in [0, 0.05) is 26.1 Å². The van der Waals surface area contributed by atoms with E-state index in [4.69, 9.17) is 4.74 Å². The van der Waals surface area contributed by atoms with Crippen molar-refractivity contribution in [3.63, 3.8) is 0 Å². The zero-order valence-electron chi connectivity index (χ0n) is 9.53. The van der Waals surface area contributed by atoms with Crippen molar-refractivity contribution in [1.29, 1.82) is 0 Å². The third-order valence-electron chi connectivity index (χ3n) is 3.10. The second-order valence-electron chi connectivity index (χ2n) is 4.82. The molecule has 86 valence electrons. The van der Waals surface area contributed by atoms with Gasteiger partial charge in [-0.15, -0.1) is 0 Å². The smallest absolute Gasteiger partial charge is 0.223 e. The molecule has 0 saturated carbocycles. The van der Waals surface area contributed by atoms with Crippen molar-refractivity contribution in [3.8, 4) is 0 Å². The molecule has 1 amide bonds. The molecule has 2 heterocycles. The summed E-state index contributed by atoms with van der Waals surface area (Å²) in [6.45, 7) is 7.39. The second-order valence-corrected chi connectivity index (χ2v) is 4.82. The molecular formula is C11H20N2O2. The Morgan fingerprint density at radius 1 is 1.53 bits per heavy atom. The molecule has 0 aromatic carbocycles. The monoisotopic (exact) mass is 212 g/mol. The van der Waals surface area contributed by atoms with Crippen molar-refractivity contribution in [3.05, 3.63) is 0 Å². The van der Waals surface area contributed by atoms with Crippen LogP contribution in [0.25, 0.3) is 0 Å². The predicted molar refractivity (Wildman–Crippen MR) is 57.6 cm³/mol. The highest BCUT2D eigenvalue weighted by Crippen LogP contribution is 2.19. The number of hydrogen-bond donors (Lipinski definition) is 1. The fourth-order valence-corrected chi connectivity index (χ4v) is 2.37. The second kappa shape index (κ2) is 4.49. The van der Waals surface area contributed by atoms with Crippen molar-refractivity contribution < 1.29 is 9.53 Å². The van der Waals surface area contributed by atoms with E-state index < -0.39 is 0 Å². The van der Waals surface area contributed by atoms with E-state index in [2.05, 4.69) is 19.2 Å². The Balaban J connectivity index is 1.98. The molecule has 2 atom stereocenters. The molecule has 0 bridgehead atoms. The maximum Gasteiger partial charge on any atom is 0.223 e. The number of ether oxygens (including phenoxy) is 1. The predicted octanol–water partition coefficient (Wildman–Crippen LogP) is 0.232. The first-order valence-corrected chi connectivity index (χ1v) is 5.80. The molecule has 2 fully saturated rings. The summed E-state index contributed by atoms with van der Waals surface area (Å²) in [5.74, 6) is 0.722. The van der Waals surface area contributed by atoms with Crippen LogP contribution < -0.4 is 5.32 Å². The van der Waals surface area contributed by atoms with Gasteiger partial charge in [0.1, 0.15) is 0 Å². The first-order valence-electron chi connectivity index (χ1n) is 5.80. The standard InChI is InChI=1S/C11H20N2O2/c1-8(2)5-11(14)13-3-4-15-10-7-12-6-9(10)13/h8-10,12H,3-7H2,1-2H3/t9-,10+/m0/s1. The molecule has 4 heteroatoms. The highest BCUT2D eigenvalue weighted by atomic mass is 16.5. The lowest BCUT2D eigenvalue weighted by Gasteiger charge is -2.37. The number of nitrogens with one attached hydrogen (secondary N) is 1. The normalized spacial score (nSPS) is 30.7. The van der Waals surface area contributed by atoms with E-state index in [1.54, 1.807) is 0 Å². The third-order valence-corrected chi connectivity index (χ3v) is 3.10. The van der Waals surface area contributed by atoms with Crippen LogP contribution >= 0.6 is 0 Å². The van der Waals surface area contributed by atoms with E-state index in [1.807, 2.05) is 4.90 Å². The molecule has 0 radical (unpaired) electrons. The summed E-state index contributed by atoms with van der Waals surface area (Å²) in [5, 5.41) is 3.28. The van der Waals surface area contributed by atoms with E-state index >= 15 is 0 Å². The average Bonchev–Trinajstić information content (AvgIpc) is 2.63. The van der Waals surface area contributed by atoms with Gasteiger partial charge in [-0.2, -0.15) is 0 Å². The van der Waals surface area contributed by atoms with Gasteiger partial charge in [0.25, 0.3) is 0 Å². The van der Waals surface area contributed by atoms with Crippen molar-refractivity contribution in [2.24, 2.45) is 5.92 Å². The lowest BCUT2D eigenvalue weighted by Crippen LogP contribution is -2.53. The van der Waals surface area contributed by atoms with Gasteiger partial charge in [-0.3, -0.25) is 4.79 Å².